The van der Waals surface area contributed by atoms with Gasteiger partial charge in [-0.2, -0.15) is 0 Å². The molecular weight excluding hydrogens is 554 g/mol. The van der Waals surface area contributed by atoms with Gasteiger partial charge in [-0.3, -0.25) is 9.88 Å². The monoisotopic (exact) mass is 589 g/mol. The molecule has 10 heteroatoms. The van der Waals surface area contributed by atoms with Crippen LogP contribution in [0.3, 0.4) is 0 Å². The summed E-state index contributed by atoms with van der Waals surface area (Å²) in [6.07, 6.45) is 1.82. The molecule has 1 aromatic heterocycles. The molecule has 2 aliphatic heterocycles. The molecule has 9 nitrogen and oxygen atoms in total. The van der Waals surface area contributed by atoms with E-state index in [-0.39, 0.29) is 36.4 Å². The summed E-state index contributed by atoms with van der Waals surface area (Å²) in [6.45, 7) is 2.28. The number of ether oxygens (including phenoxy) is 2. The summed E-state index contributed by atoms with van der Waals surface area (Å²) in [6, 6.07) is 24.0. The maximum Gasteiger partial charge on any atom is 0.243 e. The van der Waals surface area contributed by atoms with E-state index < -0.39 is 16.3 Å². The van der Waals surface area contributed by atoms with Crippen molar-refractivity contribution < 1.29 is 28.1 Å². The second-order valence-electron chi connectivity index (χ2n) is 10.9. The molecule has 42 heavy (non-hydrogen) atoms. The third-order valence-corrected chi connectivity index (χ3v) is 9.36. The van der Waals surface area contributed by atoms with Gasteiger partial charge in [0.15, 0.2) is 6.29 Å². The van der Waals surface area contributed by atoms with Crippen LogP contribution < -0.4 is 4.72 Å². The van der Waals surface area contributed by atoms with Crippen molar-refractivity contribution in [3.05, 3.63) is 107 Å². The van der Waals surface area contributed by atoms with Gasteiger partial charge in [0.1, 0.15) is 4.90 Å². The first-order valence-corrected chi connectivity index (χ1v) is 15.7. The van der Waals surface area contributed by atoms with E-state index in [0.29, 0.717) is 25.0 Å². The fourth-order valence-corrected chi connectivity index (χ4v) is 6.84. The van der Waals surface area contributed by atoms with Crippen molar-refractivity contribution in [2.75, 3.05) is 19.6 Å². The van der Waals surface area contributed by atoms with Crippen molar-refractivity contribution in [3.8, 4) is 0 Å². The third kappa shape index (κ3) is 6.55. The normalized spacial score (nSPS) is 23.4. The number of aliphatic hydroxyl groups excluding tert-OH is 2. The summed E-state index contributed by atoms with van der Waals surface area (Å²) in [4.78, 5) is 6.65. The third-order valence-electron chi connectivity index (χ3n) is 7.93. The molecule has 4 atom stereocenters. The predicted octanol–water partition coefficient (Wildman–Crippen LogP) is 3.82. The molecule has 3 heterocycles. The largest absolute Gasteiger partial charge is 0.392 e. The standard InChI is InChI=1S/C32H35N3O6S/c36-21-23-8-10-24(11-9-23)29-17-28(20-35-16-14-27(37)19-35)40-32(41-29)26-12-6-22(7-13-26)18-34-42(38,39)30-5-1-3-25-4-2-15-33-31(25)30/h1-13,15,27-29,32,34,36-37H,14,16-21H2. The molecule has 2 aliphatic rings. The number of rotatable bonds is 9. The van der Waals surface area contributed by atoms with Gasteiger partial charge in [0.2, 0.25) is 10.0 Å². The molecule has 6 rings (SSSR count). The van der Waals surface area contributed by atoms with Crippen LogP contribution in [0, 0.1) is 0 Å². The number of pyridine rings is 1. The molecule has 3 aromatic carbocycles. The highest BCUT2D eigenvalue weighted by atomic mass is 32.2. The van der Waals surface area contributed by atoms with E-state index in [4.69, 9.17) is 9.47 Å². The molecule has 4 aromatic rings. The first-order valence-electron chi connectivity index (χ1n) is 14.2. The summed E-state index contributed by atoms with van der Waals surface area (Å²) in [7, 11) is -3.78. The smallest absolute Gasteiger partial charge is 0.243 e. The van der Waals surface area contributed by atoms with Crippen LogP contribution >= 0.6 is 0 Å². The maximum absolute atomic E-state index is 13.1. The van der Waals surface area contributed by atoms with Crippen LogP contribution in [0.1, 0.15) is 47.5 Å². The molecular formula is C32H35N3O6S. The van der Waals surface area contributed by atoms with E-state index in [1.165, 1.54) is 0 Å². The van der Waals surface area contributed by atoms with Gasteiger partial charge in [-0.1, -0.05) is 66.7 Å². The highest BCUT2D eigenvalue weighted by Gasteiger charge is 2.34. The number of para-hydroxylation sites is 1. The number of sulfonamides is 1. The SMILES string of the molecule is O=S(=O)(NCc1ccc(C2OC(CN3CCC(O)C3)CC(c3ccc(CO)cc3)O2)cc1)c1cccc2cccnc12. The number of aliphatic hydroxyl groups is 2. The van der Waals surface area contributed by atoms with Crippen molar-refractivity contribution >= 4 is 20.9 Å². The number of aromatic nitrogens is 1. The first kappa shape index (κ1) is 28.9. The molecule has 0 radical (unpaired) electrons. The van der Waals surface area contributed by atoms with E-state index in [2.05, 4.69) is 14.6 Å². The van der Waals surface area contributed by atoms with E-state index in [9.17, 15) is 18.6 Å². The Morgan fingerprint density at radius 1 is 0.929 bits per heavy atom. The van der Waals surface area contributed by atoms with E-state index in [0.717, 1.165) is 40.6 Å². The van der Waals surface area contributed by atoms with Gasteiger partial charge < -0.3 is 19.7 Å². The van der Waals surface area contributed by atoms with Crippen LogP contribution in [0.2, 0.25) is 0 Å². The van der Waals surface area contributed by atoms with Crippen molar-refractivity contribution in [1.29, 1.82) is 0 Å². The lowest BCUT2D eigenvalue weighted by molar-refractivity contribution is -0.252. The van der Waals surface area contributed by atoms with Crippen LogP contribution in [-0.2, 0) is 32.6 Å². The molecule has 2 saturated heterocycles. The number of likely N-dealkylation sites (tertiary alicyclic amines) is 1. The molecule has 2 fully saturated rings. The summed E-state index contributed by atoms with van der Waals surface area (Å²) in [5.41, 5.74) is 3.93. The number of hydrogen-bond donors (Lipinski definition) is 3. The number of nitrogens with zero attached hydrogens (tertiary/aromatic N) is 2. The fourth-order valence-electron chi connectivity index (χ4n) is 5.64. The molecule has 0 amide bonds. The molecule has 0 spiro atoms. The van der Waals surface area contributed by atoms with Gasteiger partial charge in [-0.05, 0) is 35.2 Å². The lowest BCUT2D eigenvalue weighted by Gasteiger charge is -2.37. The van der Waals surface area contributed by atoms with Crippen molar-refractivity contribution in [2.24, 2.45) is 0 Å². The summed E-state index contributed by atoms with van der Waals surface area (Å²) in [5.74, 6) is 0. The number of benzene rings is 3. The van der Waals surface area contributed by atoms with Crippen molar-refractivity contribution in [2.45, 2.75) is 55.5 Å². The van der Waals surface area contributed by atoms with Gasteiger partial charge in [0.05, 0.1) is 30.4 Å². The molecule has 0 saturated carbocycles. The minimum absolute atomic E-state index is 0.0151. The van der Waals surface area contributed by atoms with Gasteiger partial charge in [0, 0.05) is 49.7 Å². The Balaban J connectivity index is 1.16. The zero-order chi connectivity index (χ0) is 29.1. The fraction of sp³-hybridized carbons (Fsp3) is 0.344. The Morgan fingerprint density at radius 2 is 1.67 bits per heavy atom. The summed E-state index contributed by atoms with van der Waals surface area (Å²) in [5, 5.41) is 20.2. The van der Waals surface area contributed by atoms with Crippen LogP contribution in [0.25, 0.3) is 10.9 Å². The lowest BCUT2D eigenvalue weighted by Crippen LogP contribution is -2.38. The predicted molar refractivity (Wildman–Crippen MR) is 158 cm³/mol. The van der Waals surface area contributed by atoms with Gasteiger partial charge >= 0.3 is 0 Å². The quantitative estimate of drug-likeness (QED) is 0.270. The average molecular weight is 590 g/mol. The second kappa shape index (κ2) is 12.6. The minimum Gasteiger partial charge on any atom is -0.392 e. The van der Waals surface area contributed by atoms with E-state index >= 15 is 0 Å². The topological polar surface area (TPSA) is 121 Å². The Labute approximate surface area is 245 Å². The summed E-state index contributed by atoms with van der Waals surface area (Å²) >= 11 is 0. The Bertz CT molecular complexity index is 1610. The maximum atomic E-state index is 13.1. The lowest BCUT2D eigenvalue weighted by atomic mass is 9.99. The van der Waals surface area contributed by atoms with Gasteiger partial charge in [-0.15, -0.1) is 0 Å². The molecule has 0 bridgehead atoms. The first-order chi connectivity index (χ1) is 20.4. The van der Waals surface area contributed by atoms with Crippen molar-refractivity contribution in [3.63, 3.8) is 0 Å². The Kier molecular flexibility index (Phi) is 8.64. The number of hydrogen-bond acceptors (Lipinski definition) is 8. The van der Waals surface area contributed by atoms with Crippen LogP contribution in [-0.4, -0.2) is 60.4 Å². The highest BCUT2D eigenvalue weighted by molar-refractivity contribution is 7.89. The van der Waals surface area contributed by atoms with Crippen LogP contribution in [0.5, 0.6) is 0 Å². The Morgan fingerprint density at radius 3 is 2.40 bits per heavy atom. The molecule has 220 valence electrons. The van der Waals surface area contributed by atoms with Gasteiger partial charge in [0.25, 0.3) is 0 Å². The molecule has 3 N–H and O–H groups in total. The van der Waals surface area contributed by atoms with Crippen molar-refractivity contribution in [1.82, 2.24) is 14.6 Å². The van der Waals surface area contributed by atoms with E-state index in [1.54, 1.807) is 24.4 Å². The zero-order valence-corrected chi connectivity index (χ0v) is 24.0. The van der Waals surface area contributed by atoms with E-state index in [1.807, 2.05) is 60.7 Å². The molecule has 4 unspecified atom stereocenters. The number of β-amino-alcohol motifs (C(OH)–C–C–N with tert-alkyl or cyclic N) is 1. The summed E-state index contributed by atoms with van der Waals surface area (Å²) < 4.78 is 41.8. The van der Waals surface area contributed by atoms with Gasteiger partial charge in [-0.25, -0.2) is 13.1 Å². The highest BCUT2D eigenvalue weighted by Crippen LogP contribution is 2.38. The zero-order valence-electron chi connectivity index (χ0n) is 23.2. The molecule has 0 aliphatic carbocycles. The van der Waals surface area contributed by atoms with Crippen LogP contribution in [0.15, 0.2) is 90.0 Å². The average Bonchev–Trinajstić information content (AvgIpc) is 3.44. The number of fused-ring (bicyclic) bond motifs is 1. The number of nitrogens with one attached hydrogen (secondary N) is 1. The Hall–Kier alpha value is -3.22. The second-order valence-corrected chi connectivity index (χ2v) is 12.7. The minimum atomic E-state index is -3.78. The van der Waals surface area contributed by atoms with Crippen LogP contribution in [0.4, 0.5) is 0 Å².